The zero-order valence-electron chi connectivity index (χ0n) is 18.9. The number of hydrogen-bond donors (Lipinski definition) is 0. The third-order valence-corrected chi connectivity index (χ3v) is 6.59. The monoisotopic (exact) mass is 430 g/mol. The number of hydrogen-bond acceptors (Lipinski definition) is 5. The van der Waals surface area contributed by atoms with Crippen LogP contribution in [0.5, 0.6) is 0 Å². The van der Waals surface area contributed by atoms with E-state index < -0.39 is 0 Å². The molecule has 0 N–H and O–H groups in total. The second-order valence-corrected chi connectivity index (χ2v) is 8.89. The first kappa shape index (κ1) is 20.7. The number of nitrogens with zero attached hydrogens (tertiary/aromatic N) is 6. The van der Waals surface area contributed by atoms with E-state index in [9.17, 15) is 4.79 Å². The van der Waals surface area contributed by atoms with Gasteiger partial charge in [0.25, 0.3) is 5.91 Å². The number of carbonyl (C=O) groups is 1. The van der Waals surface area contributed by atoms with E-state index in [1.165, 1.54) is 11.1 Å². The van der Waals surface area contributed by atoms with Gasteiger partial charge in [0.15, 0.2) is 5.82 Å². The second-order valence-electron chi connectivity index (χ2n) is 8.89. The van der Waals surface area contributed by atoms with Gasteiger partial charge in [0.05, 0.1) is 17.8 Å². The molecule has 1 amide bonds. The zero-order valence-corrected chi connectivity index (χ0v) is 18.9. The molecule has 32 heavy (non-hydrogen) atoms. The van der Waals surface area contributed by atoms with Gasteiger partial charge in [0, 0.05) is 44.1 Å². The number of amides is 1. The summed E-state index contributed by atoms with van der Waals surface area (Å²) in [5.41, 5.74) is 4.20. The predicted molar refractivity (Wildman–Crippen MR) is 123 cm³/mol. The highest BCUT2D eigenvalue weighted by Crippen LogP contribution is 2.34. The molecule has 1 saturated heterocycles. The van der Waals surface area contributed by atoms with Gasteiger partial charge >= 0.3 is 0 Å². The number of benzene rings is 1. The fraction of sp³-hybridized carbons (Fsp3) is 0.440. The van der Waals surface area contributed by atoms with Crippen molar-refractivity contribution in [1.82, 2.24) is 24.6 Å². The van der Waals surface area contributed by atoms with Crippen molar-refractivity contribution in [3.63, 3.8) is 0 Å². The van der Waals surface area contributed by atoms with Crippen molar-refractivity contribution in [2.75, 3.05) is 18.0 Å². The van der Waals surface area contributed by atoms with Crippen LogP contribution in [-0.2, 0) is 20.0 Å². The normalized spacial score (nSPS) is 18.5. The summed E-state index contributed by atoms with van der Waals surface area (Å²) in [5, 5.41) is 4.18. The lowest BCUT2D eigenvalue weighted by Gasteiger charge is -2.36. The van der Waals surface area contributed by atoms with Crippen LogP contribution in [0, 0.1) is 6.92 Å². The van der Waals surface area contributed by atoms with E-state index in [1.807, 2.05) is 11.9 Å². The van der Waals surface area contributed by atoms with Gasteiger partial charge in [-0.3, -0.25) is 9.48 Å². The van der Waals surface area contributed by atoms with Crippen LogP contribution in [-0.4, -0.2) is 43.6 Å². The first-order valence-corrected chi connectivity index (χ1v) is 11.6. The summed E-state index contributed by atoms with van der Waals surface area (Å²) in [5.74, 6) is 1.84. The Morgan fingerprint density at radius 1 is 1.09 bits per heavy atom. The smallest absolute Gasteiger partial charge is 0.257 e. The third kappa shape index (κ3) is 3.99. The van der Waals surface area contributed by atoms with Crippen LogP contribution in [0.3, 0.4) is 0 Å². The molecule has 7 heteroatoms. The maximum atomic E-state index is 13.3. The minimum atomic E-state index is -0.0963. The average Bonchev–Trinajstić information content (AvgIpc) is 3.26. The maximum Gasteiger partial charge on any atom is 0.257 e. The molecule has 0 bridgehead atoms. The lowest BCUT2D eigenvalue weighted by atomic mass is 9.98. The van der Waals surface area contributed by atoms with Crippen LogP contribution >= 0.6 is 0 Å². The number of anilines is 1. The molecule has 0 unspecified atom stereocenters. The Bertz CT molecular complexity index is 1110. The Morgan fingerprint density at radius 2 is 1.94 bits per heavy atom. The van der Waals surface area contributed by atoms with Crippen LogP contribution in [0.1, 0.15) is 64.7 Å². The lowest BCUT2D eigenvalue weighted by Crippen LogP contribution is -2.40. The van der Waals surface area contributed by atoms with Gasteiger partial charge in [-0.05, 0) is 44.6 Å². The van der Waals surface area contributed by atoms with Crippen molar-refractivity contribution >= 4 is 11.7 Å². The van der Waals surface area contributed by atoms with Gasteiger partial charge in [-0.1, -0.05) is 30.3 Å². The zero-order chi connectivity index (χ0) is 22.1. The average molecular weight is 431 g/mol. The van der Waals surface area contributed by atoms with E-state index >= 15 is 0 Å². The highest BCUT2D eigenvalue weighted by Gasteiger charge is 2.33. The van der Waals surface area contributed by atoms with Gasteiger partial charge < -0.3 is 9.80 Å². The standard InChI is InChI=1S/C25H30N6O/c1-18-21-11-8-13-30(16-19-9-4-3-5-10-19)24(21)28-23(27-18)22-12-6-7-14-31(22)25(32)20-15-26-29(2)17-20/h3-5,9-10,15,17,22H,6-8,11-14,16H2,1-2H3/t22-/m1/s1. The second kappa shape index (κ2) is 8.73. The third-order valence-electron chi connectivity index (χ3n) is 6.59. The molecule has 1 aromatic carbocycles. The molecule has 0 radical (unpaired) electrons. The summed E-state index contributed by atoms with van der Waals surface area (Å²) in [6, 6.07) is 10.5. The summed E-state index contributed by atoms with van der Waals surface area (Å²) >= 11 is 0. The van der Waals surface area contributed by atoms with Gasteiger partial charge in [-0.25, -0.2) is 9.97 Å². The molecule has 166 valence electrons. The number of carbonyl (C=O) groups excluding carboxylic acids is 1. The van der Waals surface area contributed by atoms with Crippen LogP contribution in [0.2, 0.25) is 0 Å². The summed E-state index contributed by atoms with van der Waals surface area (Å²) in [6.45, 7) is 4.64. The van der Waals surface area contributed by atoms with Crippen molar-refractivity contribution in [3.05, 3.63) is 70.9 Å². The molecule has 5 rings (SSSR count). The maximum absolute atomic E-state index is 13.3. The number of fused-ring (bicyclic) bond motifs is 1. The molecular formula is C25H30N6O. The summed E-state index contributed by atoms with van der Waals surface area (Å²) < 4.78 is 1.67. The van der Waals surface area contributed by atoms with E-state index in [1.54, 1.807) is 17.1 Å². The van der Waals surface area contributed by atoms with Crippen LogP contribution in [0.25, 0.3) is 0 Å². The summed E-state index contributed by atoms with van der Waals surface area (Å²) in [4.78, 5) is 27.6. The molecule has 7 nitrogen and oxygen atoms in total. The quantitative estimate of drug-likeness (QED) is 0.629. The molecule has 1 atom stereocenters. The Hall–Kier alpha value is -3.22. The van der Waals surface area contributed by atoms with Crippen molar-refractivity contribution in [2.45, 2.75) is 51.6 Å². The van der Waals surface area contributed by atoms with E-state index in [0.717, 1.165) is 69.1 Å². The molecule has 3 aromatic rings. The molecule has 0 saturated carbocycles. The summed E-state index contributed by atoms with van der Waals surface area (Å²) in [6.07, 6.45) is 8.53. The van der Waals surface area contributed by atoms with Crippen molar-refractivity contribution in [1.29, 1.82) is 0 Å². The Labute approximate surface area is 189 Å². The first-order valence-electron chi connectivity index (χ1n) is 11.6. The molecule has 2 aromatic heterocycles. The van der Waals surface area contributed by atoms with Crippen LogP contribution in [0.4, 0.5) is 5.82 Å². The largest absolute Gasteiger partial charge is 0.352 e. The molecule has 2 aliphatic heterocycles. The van der Waals surface area contributed by atoms with Crippen molar-refractivity contribution in [2.24, 2.45) is 7.05 Å². The predicted octanol–water partition coefficient (Wildman–Crippen LogP) is 3.84. The van der Waals surface area contributed by atoms with E-state index in [0.29, 0.717) is 5.56 Å². The van der Waals surface area contributed by atoms with Gasteiger partial charge in [-0.15, -0.1) is 0 Å². The lowest BCUT2D eigenvalue weighted by molar-refractivity contribution is 0.0599. The number of aryl methyl sites for hydroxylation is 2. The fourth-order valence-corrected chi connectivity index (χ4v) is 4.96. The highest BCUT2D eigenvalue weighted by molar-refractivity contribution is 5.94. The van der Waals surface area contributed by atoms with E-state index in [4.69, 9.17) is 9.97 Å². The minimum Gasteiger partial charge on any atom is -0.352 e. The van der Waals surface area contributed by atoms with Crippen LogP contribution < -0.4 is 4.90 Å². The topological polar surface area (TPSA) is 67.2 Å². The highest BCUT2D eigenvalue weighted by atomic mass is 16.2. The molecule has 0 aliphatic carbocycles. The Morgan fingerprint density at radius 3 is 2.72 bits per heavy atom. The van der Waals surface area contributed by atoms with Gasteiger partial charge in [-0.2, -0.15) is 5.10 Å². The number of piperidine rings is 1. The number of aromatic nitrogens is 4. The van der Waals surface area contributed by atoms with Gasteiger partial charge in [0.1, 0.15) is 5.82 Å². The van der Waals surface area contributed by atoms with E-state index in [-0.39, 0.29) is 11.9 Å². The number of likely N-dealkylation sites (tertiary alicyclic amines) is 1. The van der Waals surface area contributed by atoms with Crippen molar-refractivity contribution < 1.29 is 4.79 Å². The van der Waals surface area contributed by atoms with Gasteiger partial charge in [0.2, 0.25) is 0 Å². The molecule has 0 spiro atoms. The fourth-order valence-electron chi connectivity index (χ4n) is 4.96. The van der Waals surface area contributed by atoms with Crippen molar-refractivity contribution in [3.8, 4) is 0 Å². The minimum absolute atomic E-state index is 0.0166. The molecule has 1 fully saturated rings. The summed E-state index contributed by atoms with van der Waals surface area (Å²) in [7, 11) is 1.84. The molecule has 2 aliphatic rings. The Kier molecular flexibility index (Phi) is 5.64. The van der Waals surface area contributed by atoms with E-state index in [2.05, 4.69) is 47.3 Å². The number of rotatable bonds is 4. The molecule has 4 heterocycles. The van der Waals surface area contributed by atoms with Crippen LogP contribution in [0.15, 0.2) is 42.7 Å². The molecular weight excluding hydrogens is 400 g/mol. The SMILES string of the molecule is Cc1nc([C@H]2CCCCN2C(=O)c2cnn(C)c2)nc2c1CCCN2Cc1ccccc1. The first-order chi connectivity index (χ1) is 15.6. The Balaban J connectivity index is 1.48.